The first-order chi connectivity index (χ1) is 8.59. The van der Waals surface area contributed by atoms with E-state index in [4.69, 9.17) is 0 Å². The van der Waals surface area contributed by atoms with Crippen LogP contribution >= 0.6 is 27.3 Å². The van der Waals surface area contributed by atoms with E-state index >= 15 is 0 Å². The number of fused-ring (bicyclic) bond motifs is 1. The Balaban J connectivity index is 2.10. The number of amides is 1. The van der Waals surface area contributed by atoms with Gasteiger partial charge in [-0.25, -0.2) is 0 Å². The van der Waals surface area contributed by atoms with Gasteiger partial charge in [0.2, 0.25) is 0 Å². The fraction of sp³-hybridized carbons (Fsp3) is 0.357. The van der Waals surface area contributed by atoms with Gasteiger partial charge in [-0.2, -0.15) is 0 Å². The molecular formula is C14H16BrNOS. The number of halogens is 1. The smallest absolute Gasteiger partial charge is 0.252 e. The van der Waals surface area contributed by atoms with E-state index in [2.05, 4.69) is 35.1 Å². The zero-order chi connectivity index (χ0) is 13.1. The number of nitrogens with one attached hydrogen (secondary N) is 1. The van der Waals surface area contributed by atoms with Crippen LogP contribution in [-0.2, 0) is 0 Å². The summed E-state index contributed by atoms with van der Waals surface area (Å²) in [6.45, 7) is 4.91. The normalized spacial score (nSPS) is 12.9. The molecule has 2 rings (SSSR count). The standard InChI is InChI=1S/C14H16BrNOS/c1-9(2)12(15)7-16-14(17)11-8-18-13-6-4-3-5-10(11)13/h3-6,8-9,12H,7H2,1-2H3,(H,16,17). The molecule has 18 heavy (non-hydrogen) atoms. The van der Waals surface area contributed by atoms with Crippen molar-refractivity contribution in [1.82, 2.24) is 5.32 Å². The Bertz CT molecular complexity index is 549. The monoisotopic (exact) mass is 325 g/mol. The first-order valence-corrected chi connectivity index (χ1v) is 7.77. The molecule has 0 bridgehead atoms. The van der Waals surface area contributed by atoms with Gasteiger partial charge in [0, 0.05) is 26.8 Å². The SMILES string of the molecule is CC(C)C(Br)CNC(=O)c1csc2ccccc12. The quantitative estimate of drug-likeness (QED) is 0.844. The molecule has 0 spiro atoms. The molecule has 0 saturated heterocycles. The topological polar surface area (TPSA) is 29.1 Å². The zero-order valence-electron chi connectivity index (χ0n) is 10.4. The van der Waals surface area contributed by atoms with E-state index in [1.807, 2.05) is 29.6 Å². The third kappa shape index (κ3) is 2.93. The van der Waals surface area contributed by atoms with Crippen LogP contribution in [0.1, 0.15) is 24.2 Å². The third-order valence-electron chi connectivity index (χ3n) is 2.91. The maximum Gasteiger partial charge on any atom is 0.252 e. The third-order valence-corrected chi connectivity index (χ3v) is 5.25. The molecule has 1 aromatic heterocycles. The Morgan fingerprint density at radius 1 is 1.39 bits per heavy atom. The summed E-state index contributed by atoms with van der Waals surface area (Å²) in [6, 6.07) is 7.99. The number of alkyl halides is 1. The van der Waals surface area contributed by atoms with Crippen molar-refractivity contribution in [1.29, 1.82) is 0 Å². The van der Waals surface area contributed by atoms with Gasteiger partial charge in [0.1, 0.15) is 0 Å². The second kappa shape index (κ2) is 5.85. The average molecular weight is 326 g/mol. The molecular weight excluding hydrogens is 310 g/mol. The van der Waals surface area contributed by atoms with E-state index < -0.39 is 0 Å². The lowest BCUT2D eigenvalue weighted by Gasteiger charge is -2.14. The van der Waals surface area contributed by atoms with Crippen molar-refractivity contribution in [3.05, 3.63) is 35.2 Å². The number of benzene rings is 1. The zero-order valence-corrected chi connectivity index (χ0v) is 12.8. The van der Waals surface area contributed by atoms with Crippen LogP contribution in [0, 0.1) is 5.92 Å². The lowest BCUT2D eigenvalue weighted by Crippen LogP contribution is -2.31. The highest BCUT2D eigenvalue weighted by molar-refractivity contribution is 9.09. The number of carbonyl (C=O) groups is 1. The van der Waals surface area contributed by atoms with Crippen molar-refractivity contribution in [3.63, 3.8) is 0 Å². The van der Waals surface area contributed by atoms with Gasteiger partial charge in [0.15, 0.2) is 0 Å². The number of hydrogen-bond donors (Lipinski definition) is 1. The Kier molecular flexibility index (Phi) is 4.40. The van der Waals surface area contributed by atoms with Crippen LogP contribution < -0.4 is 5.32 Å². The molecule has 1 aromatic carbocycles. The molecule has 0 fully saturated rings. The molecule has 2 nitrogen and oxygen atoms in total. The predicted molar refractivity (Wildman–Crippen MR) is 81.7 cm³/mol. The summed E-state index contributed by atoms with van der Waals surface area (Å²) in [7, 11) is 0. The molecule has 0 saturated carbocycles. The summed E-state index contributed by atoms with van der Waals surface area (Å²) in [5.74, 6) is 0.516. The largest absolute Gasteiger partial charge is 0.351 e. The fourth-order valence-corrected chi connectivity index (χ4v) is 2.78. The molecule has 2 aromatic rings. The number of carbonyl (C=O) groups excluding carboxylic acids is 1. The summed E-state index contributed by atoms with van der Waals surface area (Å²) in [5.41, 5.74) is 0.777. The number of rotatable bonds is 4. The number of hydrogen-bond acceptors (Lipinski definition) is 2. The van der Waals surface area contributed by atoms with Crippen LogP contribution in [0.25, 0.3) is 10.1 Å². The second-order valence-corrected chi connectivity index (χ2v) is 6.70. The molecule has 0 aliphatic rings. The molecule has 96 valence electrons. The molecule has 0 radical (unpaired) electrons. The van der Waals surface area contributed by atoms with Crippen molar-refractivity contribution in [3.8, 4) is 0 Å². The molecule has 1 amide bonds. The Morgan fingerprint density at radius 2 is 2.11 bits per heavy atom. The highest BCUT2D eigenvalue weighted by Crippen LogP contribution is 2.25. The highest BCUT2D eigenvalue weighted by Gasteiger charge is 2.14. The van der Waals surface area contributed by atoms with Gasteiger partial charge in [-0.1, -0.05) is 48.0 Å². The van der Waals surface area contributed by atoms with E-state index in [0.29, 0.717) is 17.3 Å². The Morgan fingerprint density at radius 3 is 2.83 bits per heavy atom. The van der Waals surface area contributed by atoms with Gasteiger partial charge in [-0.3, -0.25) is 4.79 Å². The maximum atomic E-state index is 12.1. The predicted octanol–water partition coefficient (Wildman–Crippen LogP) is 4.05. The summed E-state index contributed by atoms with van der Waals surface area (Å²) in [6.07, 6.45) is 0. The van der Waals surface area contributed by atoms with Crippen LogP contribution in [0.4, 0.5) is 0 Å². The van der Waals surface area contributed by atoms with E-state index in [1.54, 1.807) is 11.3 Å². The first-order valence-electron chi connectivity index (χ1n) is 5.98. The Hall–Kier alpha value is -0.870. The van der Waals surface area contributed by atoms with Crippen LogP contribution in [0.3, 0.4) is 0 Å². The summed E-state index contributed by atoms with van der Waals surface area (Å²) < 4.78 is 1.15. The first kappa shape index (κ1) is 13.6. The van der Waals surface area contributed by atoms with Gasteiger partial charge in [0.25, 0.3) is 5.91 Å². The molecule has 1 unspecified atom stereocenters. The van der Waals surface area contributed by atoms with Crippen molar-refractivity contribution in [2.45, 2.75) is 18.7 Å². The average Bonchev–Trinajstić information content (AvgIpc) is 2.79. The molecule has 1 N–H and O–H groups in total. The Labute approximate surface area is 120 Å². The van der Waals surface area contributed by atoms with E-state index in [0.717, 1.165) is 15.6 Å². The molecule has 0 aliphatic heterocycles. The lowest BCUT2D eigenvalue weighted by molar-refractivity contribution is 0.0955. The molecule has 0 aliphatic carbocycles. The van der Waals surface area contributed by atoms with Crippen LogP contribution in [-0.4, -0.2) is 17.3 Å². The lowest BCUT2D eigenvalue weighted by atomic mass is 10.1. The van der Waals surface area contributed by atoms with Gasteiger partial charge in [0.05, 0.1) is 5.56 Å². The van der Waals surface area contributed by atoms with Crippen molar-refractivity contribution < 1.29 is 4.79 Å². The second-order valence-electron chi connectivity index (χ2n) is 4.62. The van der Waals surface area contributed by atoms with Crippen LogP contribution in [0.5, 0.6) is 0 Å². The van der Waals surface area contributed by atoms with E-state index in [-0.39, 0.29) is 5.91 Å². The van der Waals surface area contributed by atoms with Crippen LogP contribution in [0.2, 0.25) is 0 Å². The number of thiophene rings is 1. The molecule has 1 heterocycles. The van der Waals surface area contributed by atoms with E-state index in [9.17, 15) is 4.79 Å². The summed E-state index contributed by atoms with van der Waals surface area (Å²) >= 11 is 5.18. The van der Waals surface area contributed by atoms with Gasteiger partial charge in [-0.15, -0.1) is 11.3 Å². The summed E-state index contributed by atoms with van der Waals surface area (Å²) in [4.78, 5) is 12.4. The van der Waals surface area contributed by atoms with Crippen LogP contribution in [0.15, 0.2) is 29.6 Å². The molecule has 4 heteroatoms. The highest BCUT2D eigenvalue weighted by atomic mass is 79.9. The fourth-order valence-electron chi connectivity index (χ4n) is 1.67. The molecule has 1 atom stereocenters. The van der Waals surface area contributed by atoms with Gasteiger partial charge >= 0.3 is 0 Å². The maximum absolute atomic E-state index is 12.1. The minimum Gasteiger partial charge on any atom is -0.351 e. The van der Waals surface area contributed by atoms with Gasteiger partial charge < -0.3 is 5.32 Å². The van der Waals surface area contributed by atoms with E-state index in [1.165, 1.54) is 0 Å². The van der Waals surface area contributed by atoms with Crippen molar-refractivity contribution in [2.24, 2.45) is 5.92 Å². The minimum atomic E-state index is 0.0116. The van der Waals surface area contributed by atoms with Crippen molar-refractivity contribution >= 4 is 43.3 Å². The van der Waals surface area contributed by atoms with Gasteiger partial charge in [-0.05, 0) is 12.0 Å². The summed E-state index contributed by atoms with van der Waals surface area (Å²) in [5, 5.41) is 5.95. The van der Waals surface area contributed by atoms with Crippen molar-refractivity contribution in [2.75, 3.05) is 6.54 Å². The minimum absolute atomic E-state index is 0.0116.